The number of methoxy groups -OCH3 is 2. The number of nitrogens with zero attached hydrogens (tertiary/aromatic N) is 1. The molecular weight excluding hydrogens is 276 g/mol. The van der Waals surface area contributed by atoms with Crippen molar-refractivity contribution in [3.8, 4) is 11.5 Å². The Bertz CT molecular complexity index is 609. The molecule has 0 saturated carbocycles. The van der Waals surface area contributed by atoms with Gasteiger partial charge >= 0.3 is 0 Å². The maximum Gasteiger partial charge on any atom is 0.275 e. The minimum atomic E-state index is -0.336. The Balaban J connectivity index is 2.09. The van der Waals surface area contributed by atoms with Crippen molar-refractivity contribution in [2.45, 2.75) is 0 Å². The van der Waals surface area contributed by atoms with Crippen molar-refractivity contribution in [2.75, 3.05) is 14.2 Å². The number of rotatable bonds is 5. The van der Waals surface area contributed by atoms with E-state index in [1.165, 1.54) is 7.11 Å². The molecular formula is C14H14N2O3S. The molecule has 0 spiro atoms. The topological polar surface area (TPSA) is 59.9 Å². The van der Waals surface area contributed by atoms with E-state index in [9.17, 15) is 4.79 Å². The average Bonchev–Trinajstić information content (AvgIpc) is 2.99. The summed E-state index contributed by atoms with van der Waals surface area (Å²) in [7, 11) is 3.06. The van der Waals surface area contributed by atoms with Gasteiger partial charge in [0.05, 0.1) is 26.0 Å². The Hall–Kier alpha value is -2.34. The fourth-order valence-corrected chi connectivity index (χ4v) is 2.15. The molecule has 2 aromatic rings. The Morgan fingerprint density at radius 1 is 1.30 bits per heavy atom. The van der Waals surface area contributed by atoms with E-state index in [1.54, 1.807) is 42.9 Å². The van der Waals surface area contributed by atoms with Gasteiger partial charge in [0.2, 0.25) is 0 Å². The van der Waals surface area contributed by atoms with Gasteiger partial charge in [0.1, 0.15) is 11.5 Å². The van der Waals surface area contributed by atoms with Crippen molar-refractivity contribution >= 4 is 23.5 Å². The van der Waals surface area contributed by atoms with E-state index in [2.05, 4.69) is 10.5 Å². The standard InChI is InChI=1S/C14H14N2O3S/c1-18-10-5-6-12(13(8-10)19-2)14(17)16-15-9-11-4-3-7-20-11/h3-9H,1-2H3,(H,16,17). The first-order valence-electron chi connectivity index (χ1n) is 5.83. The van der Waals surface area contributed by atoms with Crippen LogP contribution in [0.1, 0.15) is 15.2 Å². The summed E-state index contributed by atoms with van der Waals surface area (Å²) in [5.74, 6) is 0.728. The number of carbonyl (C=O) groups is 1. The number of thiophene rings is 1. The van der Waals surface area contributed by atoms with Gasteiger partial charge in [0.15, 0.2) is 0 Å². The molecule has 1 heterocycles. The predicted molar refractivity (Wildman–Crippen MR) is 78.9 cm³/mol. The first-order valence-corrected chi connectivity index (χ1v) is 6.71. The molecule has 0 radical (unpaired) electrons. The number of hydrazone groups is 1. The van der Waals surface area contributed by atoms with Crippen LogP contribution in [-0.4, -0.2) is 26.3 Å². The predicted octanol–water partition coefficient (Wildman–Crippen LogP) is 2.53. The Kier molecular flexibility index (Phi) is 4.73. The van der Waals surface area contributed by atoms with E-state index >= 15 is 0 Å². The maximum absolute atomic E-state index is 12.0. The van der Waals surface area contributed by atoms with Gasteiger partial charge in [-0.2, -0.15) is 5.10 Å². The van der Waals surface area contributed by atoms with E-state index in [-0.39, 0.29) is 5.91 Å². The smallest absolute Gasteiger partial charge is 0.275 e. The highest BCUT2D eigenvalue weighted by Gasteiger charge is 2.12. The lowest BCUT2D eigenvalue weighted by atomic mass is 10.2. The SMILES string of the molecule is COc1ccc(C(=O)NN=Cc2cccs2)c(OC)c1. The van der Waals surface area contributed by atoms with Crippen LogP contribution in [0.4, 0.5) is 0 Å². The number of nitrogens with one attached hydrogen (secondary N) is 1. The molecule has 1 aromatic heterocycles. The van der Waals surface area contributed by atoms with Crippen LogP contribution in [0.25, 0.3) is 0 Å². The van der Waals surface area contributed by atoms with Crippen LogP contribution in [0.2, 0.25) is 0 Å². The van der Waals surface area contributed by atoms with Gasteiger partial charge in [0.25, 0.3) is 5.91 Å². The molecule has 104 valence electrons. The normalized spacial score (nSPS) is 10.5. The van der Waals surface area contributed by atoms with Crippen molar-refractivity contribution in [3.63, 3.8) is 0 Å². The number of amides is 1. The van der Waals surface area contributed by atoms with Crippen molar-refractivity contribution in [1.82, 2.24) is 5.43 Å². The van der Waals surface area contributed by atoms with Crippen LogP contribution in [-0.2, 0) is 0 Å². The molecule has 0 aliphatic carbocycles. The zero-order valence-electron chi connectivity index (χ0n) is 11.1. The molecule has 0 bridgehead atoms. The Labute approximate surface area is 120 Å². The van der Waals surface area contributed by atoms with E-state index in [1.807, 2.05) is 17.5 Å². The molecule has 6 heteroatoms. The number of hydrogen-bond acceptors (Lipinski definition) is 5. The van der Waals surface area contributed by atoms with E-state index in [0.717, 1.165) is 4.88 Å². The minimum Gasteiger partial charge on any atom is -0.497 e. The molecule has 2 rings (SSSR count). The van der Waals surface area contributed by atoms with E-state index in [4.69, 9.17) is 9.47 Å². The zero-order valence-corrected chi connectivity index (χ0v) is 11.9. The van der Waals surface area contributed by atoms with Crippen molar-refractivity contribution in [2.24, 2.45) is 5.10 Å². The summed E-state index contributed by atoms with van der Waals surface area (Å²) in [5.41, 5.74) is 2.87. The summed E-state index contributed by atoms with van der Waals surface area (Å²) in [4.78, 5) is 13.0. The lowest BCUT2D eigenvalue weighted by molar-refractivity contribution is 0.0952. The third kappa shape index (κ3) is 3.36. The van der Waals surface area contributed by atoms with Crippen LogP contribution in [0, 0.1) is 0 Å². The number of benzene rings is 1. The quantitative estimate of drug-likeness (QED) is 0.680. The molecule has 0 atom stereocenters. The summed E-state index contributed by atoms with van der Waals surface area (Å²) in [6.07, 6.45) is 1.60. The maximum atomic E-state index is 12.0. The molecule has 20 heavy (non-hydrogen) atoms. The first-order chi connectivity index (χ1) is 9.74. The third-order valence-corrected chi connectivity index (χ3v) is 3.36. The lowest BCUT2D eigenvalue weighted by Crippen LogP contribution is -2.18. The summed E-state index contributed by atoms with van der Waals surface area (Å²) in [6, 6.07) is 8.81. The number of carbonyl (C=O) groups excluding carboxylic acids is 1. The Morgan fingerprint density at radius 3 is 2.80 bits per heavy atom. The summed E-state index contributed by atoms with van der Waals surface area (Å²) in [6.45, 7) is 0. The number of hydrogen-bond donors (Lipinski definition) is 1. The van der Waals surface area contributed by atoms with Gasteiger partial charge in [-0.15, -0.1) is 11.3 Å². The molecule has 0 aliphatic heterocycles. The molecule has 1 N–H and O–H groups in total. The molecule has 1 amide bonds. The summed E-state index contributed by atoms with van der Waals surface area (Å²) in [5, 5.41) is 5.85. The molecule has 0 saturated heterocycles. The van der Waals surface area contributed by atoms with Gasteiger partial charge in [-0.25, -0.2) is 5.43 Å². The molecule has 0 aliphatic rings. The fraction of sp³-hybridized carbons (Fsp3) is 0.143. The average molecular weight is 290 g/mol. The molecule has 0 fully saturated rings. The van der Waals surface area contributed by atoms with Gasteiger partial charge in [-0.1, -0.05) is 6.07 Å². The highest BCUT2D eigenvalue weighted by atomic mass is 32.1. The fourth-order valence-electron chi connectivity index (χ4n) is 1.57. The van der Waals surface area contributed by atoms with Gasteiger partial charge in [-0.3, -0.25) is 4.79 Å². The second kappa shape index (κ2) is 6.72. The molecule has 5 nitrogen and oxygen atoms in total. The highest BCUT2D eigenvalue weighted by Crippen LogP contribution is 2.24. The van der Waals surface area contributed by atoms with Crippen molar-refractivity contribution in [1.29, 1.82) is 0 Å². The molecule has 1 aromatic carbocycles. The third-order valence-electron chi connectivity index (χ3n) is 2.55. The van der Waals surface area contributed by atoms with Crippen LogP contribution in [0.15, 0.2) is 40.8 Å². The van der Waals surface area contributed by atoms with E-state index in [0.29, 0.717) is 17.1 Å². The van der Waals surface area contributed by atoms with Crippen molar-refractivity contribution < 1.29 is 14.3 Å². The highest BCUT2D eigenvalue weighted by molar-refractivity contribution is 7.11. The largest absolute Gasteiger partial charge is 0.497 e. The minimum absolute atomic E-state index is 0.336. The summed E-state index contributed by atoms with van der Waals surface area (Å²) < 4.78 is 10.3. The second-order valence-corrected chi connectivity index (χ2v) is 4.76. The first kappa shape index (κ1) is 14.1. The van der Waals surface area contributed by atoms with Crippen LogP contribution in [0.5, 0.6) is 11.5 Å². The van der Waals surface area contributed by atoms with Gasteiger partial charge in [-0.05, 0) is 23.6 Å². The van der Waals surface area contributed by atoms with Gasteiger partial charge in [0, 0.05) is 10.9 Å². The zero-order chi connectivity index (χ0) is 14.4. The number of ether oxygens (including phenoxy) is 2. The Morgan fingerprint density at radius 2 is 2.15 bits per heavy atom. The van der Waals surface area contributed by atoms with Crippen molar-refractivity contribution in [3.05, 3.63) is 46.2 Å². The summed E-state index contributed by atoms with van der Waals surface area (Å²) >= 11 is 1.54. The lowest BCUT2D eigenvalue weighted by Gasteiger charge is -2.08. The monoisotopic (exact) mass is 290 g/mol. The van der Waals surface area contributed by atoms with Crippen LogP contribution < -0.4 is 14.9 Å². The molecule has 0 unspecified atom stereocenters. The van der Waals surface area contributed by atoms with Gasteiger partial charge < -0.3 is 9.47 Å². The van der Waals surface area contributed by atoms with Crippen LogP contribution in [0.3, 0.4) is 0 Å². The van der Waals surface area contributed by atoms with E-state index < -0.39 is 0 Å². The van der Waals surface area contributed by atoms with Crippen LogP contribution >= 0.6 is 11.3 Å². The second-order valence-electron chi connectivity index (χ2n) is 3.78.